The first-order valence-corrected chi connectivity index (χ1v) is 6.65. The molecule has 1 unspecified atom stereocenters. The number of hydrogen-bond donors (Lipinski definition) is 1. The number of nitrogens with zero attached hydrogens (tertiary/aromatic N) is 1. The van der Waals surface area contributed by atoms with Gasteiger partial charge >= 0.3 is 0 Å². The molecule has 2 heterocycles. The highest BCUT2D eigenvalue weighted by Gasteiger charge is 2.19. The van der Waals surface area contributed by atoms with Crippen molar-refractivity contribution in [2.45, 2.75) is 26.0 Å². The van der Waals surface area contributed by atoms with Gasteiger partial charge in [-0.15, -0.1) is 0 Å². The quantitative estimate of drug-likeness (QED) is 0.914. The van der Waals surface area contributed by atoms with Gasteiger partial charge in [-0.1, -0.05) is 29.4 Å². The molecule has 1 aliphatic heterocycles. The molecule has 4 nitrogen and oxygen atoms in total. The summed E-state index contributed by atoms with van der Waals surface area (Å²) in [5.41, 5.74) is 3.61. The second kappa shape index (κ2) is 5.55. The van der Waals surface area contributed by atoms with Crippen molar-refractivity contribution >= 4 is 0 Å². The lowest BCUT2D eigenvalue weighted by Crippen LogP contribution is -2.27. The van der Waals surface area contributed by atoms with E-state index in [1.807, 2.05) is 13.0 Å². The SMILES string of the molecule is Cc1cc(CNCC2OCCc3ccccc32)on1. The van der Waals surface area contributed by atoms with Crippen LogP contribution < -0.4 is 5.32 Å². The number of ether oxygens (including phenoxy) is 1. The van der Waals surface area contributed by atoms with E-state index in [0.717, 1.165) is 31.0 Å². The van der Waals surface area contributed by atoms with Crippen molar-refractivity contribution < 1.29 is 9.26 Å². The average Bonchev–Trinajstić information content (AvgIpc) is 2.85. The fraction of sp³-hybridized carbons (Fsp3) is 0.400. The highest BCUT2D eigenvalue weighted by Crippen LogP contribution is 2.26. The summed E-state index contributed by atoms with van der Waals surface area (Å²) in [6.45, 7) is 4.19. The second-order valence-electron chi connectivity index (χ2n) is 4.87. The molecule has 1 N–H and O–H groups in total. The average molecular weight is 258 g/mol. The lowest BCUT2D eigenvalue weighted by atomic mass is 9.97. The van der Waals surface area contributed by atoms with Gasteiger partial charge in [0.2, 0.25) is 0 Å². The van der Waals surface area contributed by atoms with Gasteiger partial charge in [0.1, 0.15) is 0 Å². The highest BCUT2D eigenvalue weighted by atomic mass is 16.5. The zero-order valence-electron chi connectivity index (χ0n) is 11.1. The highest BCUT2D eigenvalue weighted by molar-refractivity contribution is 5.31. The van der Waals surface area contributed by atoms with E-state index in [-0.39, 0.29) is 6.10 Å². The molecular formula is C15H18N2O2. The van der Waals surface area contributed by atoms with Crippen molar-refractivity contribution in [3.05, 3.63) is 52.9 Å². The minimum Gasteiger partial charge on any atom is -0.372 e. The van der Waals surface area contributed by atoms with E-state index < -0.39 is 0 Å². The van der Waals surface area contributed by atoms with Crippen LogP contribution in [-0.2, 0) is 17.7 Å². The van der Waals surface area contributed by atoms with Crippen LogP contribution in [0.15, 0.2) is 34.9 Å². The van der Waals surface area contributed by atoms with Gasteiger partial charge in [-0.2, -0.15) is 0 Å². The first kappa shape index (κ1) is 12.4. The zero-order chi connectivity index (χ0) is 13.1. The van der Waals surface area contributed by atoms with Gasteiger partial charge in [-0.3, -0.25) is 0 Å². The van der Waals surface area contributed by atoms with E-state index in [0.29, 0.717) is 6.54 Å². The van der Waals surface area contributed by atoms with Gasteiger partial charge < -0.3 is 14.6 Å². The van der Waals surface area contributed by atoms with Crippen LogP contribution in [0.25, 0.3) is 0 Å². The first-order valence-electron chi connectivity index (χ1n) is 6.65. The Bertz CT molecular complexity index is 551. The molecule has 0 aliphatic carbocycles. The Morgan fingerprint density at radius 2 is 2.26 bits per heavy atom. The Kier molecular flexibility index (Phi) is 3.62. The molecule has 0 fully saturated rings. The maximum Gasteiger partial charge on any atom is 0.150 e. The molecule has 0 bridgehead atoms. The largest absolute Gasteiger partial charge is 0.372 e. The monoisotopic (exact) mass is 258 g/mol. The van der Waals surface area contributed by atoms with Crippen molar-refractivity contribution in [1.82, 2.24) is 10.5 Å². The maximum absolute atomic E-state index is 5.84. The number of rotatable bonds is 4. The van der Waals surface area contributed by atoms with Gasteiger partial charge in [0.05, 0.1) is 24.9 Å². The van der Waals surface area contributed by atoms with Crippen molar-refractivity contribution in [2.24, 2.45) is 0 Å². The van der Waals surface area contributed by atoms with E-state index >= 15 is 0 Å². The van der Waals surface area contributed by atoms with Crippen molar-refractivity contribution in [1.29, 1.82) is 0 Å². The van der Waals surface area contributed by atoms with Crippen LogP contribution in [0.3, 0.4) is 0 Å². The van der Waals surface area contributed by atoms with Gasteiger partial charge in [0.15, 0.2) is 5.76 Å². The molecule has 0 amide bonds. The molecule has 100 valence electrons. The van der Waals surface area contributed by atoms with Crippen LogP contribution in [-0.4, -0.2) is 18.3 Å². The third kappa shape index (κ3) is 2.85. The summed E-state index contributed by atoms with van der Waals surface area (Å²) >= 11 is 0. The van der Waals surface area contributed by atoms with E-state index in [2.05, 4.69) is 34.7 Å². The molecule has 4 heteroatoms. The van der Waals surface area contributed by atoms with E-state index in [1.165, 1.54) is 11.1 Å². The van der Waals surface area contributed by atoms with Crippen LogP contribution >= 0.6 is 0 Å². The summed E-state index contributed by atoms with van der Waals surface area (Å²) in [4.78, 5) is 0. The van der Waals surface area contributed by atoms with Gasteiger partial charge in [0, 0.05) is 12.6 Å². The van der Waals surface area contributed by atoms with Crippen molar-refractivity contribution in [3.63, 3.8) is 0 Å². The van der Waals surface area contributed by atoms with Gasteiger partial charge in [-0.05, 0) is 24.5 Å². The fourth-order valence-electron chi connectivity index (χ4n) is 2.47. The molecule has 0 saturated carbocycles. The number of aryl methyl sites for hydroxylation is 1. The summed E-state index contributed by atoms with van der Waals surface area (Å²) in [7, 11) is 0. The predicted octanol–water partition coefficient (Wildman–Crippen LogP) is 2.39. The molecule has 1 atom stereocenters. The molecule has 1 aromatic carbocycles. The van der Waals surface area contributed by atoms with Crippen LogP contribution in [0.2, 0.25) is 0 Å². The lowest BCUT2D eigenvalue weighted by molar-refractivity contribution is 0.0420. The van der Waals surface area contributed by atoms with Crippen LogP contribution in [0.4, 0.5) is 0 Å². The molecule has 0 saturated heterocycles. The second-order valence-corrected chi connectivity index (χ2v) is 4.87. The molecule has 0 spiro atoms. The van der Waals surface area contributed by atoms with Crippen LogP contribution in [0, 0.1) is 6.92 Å². The molecule has 3 rings (SSSR count). The minimum atomic E-state index is 0.133. The maximum atomic E-state index is 5.84. The van der Waals surface area contributed by atoms with Crippen molar-refractivity contribution in [2.75, 3.05) is 13.2 Å². The Morgan fingerprint density at radius 1 is 1.37 bits per heavy atom. The van der Waals surface area contributed by atoms with Crippen LogP contribution in [0.5, 0.6) is 0 Å². The molecular weight excluding hydrogens is 240 g/mol. The molecule has 1 aromatic heterocycles. The molecule has 0 radical (unpaired) electrons. The van der Waals surface area contributed by atoms with E-state index in [1.54, 1.807) is 0 Å². The fourth-order valence-corrected chi connectivity index (χ4v) is 2.47. The standard InChI is InChI=1S/C15H18N2O2/c1-11-8-13(19-17-11)9-16-10-15-14-5-3-2-4-12(14)6-7-18-15/h2-5,8,15-16H,6-7,9-10H2,1H3. The topological polar surface area (TPSA) is 47.3 Å². The molecule has 1 aliphatic rings. The third-order valence-corrected chi connectivity index (χ3v) is 3.40. The summed E-state index contributed by atoms with van der Waals surface area (Å²) < 4.78 is 11.0. The Morgan fingerprint density at radius 3 is 3.11 bits per heavy atom. The number of aromatic nitrogens is 1. The summed E-state index contributed by atoms with van der Waals surface area (Å²) in [6, 6.07) is 10.4. The molecule has 2 aromatic rings. The van der Waals surface area contributed by atoms with E-state index in [9.17, 15) is 0 Å². The first-order chi connectivity index (χ1) is 9.33. The van der Waals surface area contributed by atoms with Gasteiger partial charge in [-0.25, -0.2) is 0 Å². The summed E-state index contributed by atoms with van der Waals surface area (Å²) in [6.07, 6.45) is 1.14. The summed E-state index contributed by atoms with van der Waals surface area (Å²) in [5.74, 6) is 0.863. The smallest absolute Gasteiger partial charge is 0.150 e. The lowest BCUT2D eigenvalue weighted by Gasteiger charge is -2.26. The van der Waals surface area contributed by atoms with E-state index in [4.69, 9.17) is 9.26 Å². The molecule has 19 heavy (non-hydrogen) atoms. The van der Waals surface area contributed by atoms with Crippen LogP contribution in [0.1, 0.15) is 28.7 Å². The number of hydrogen-bond acceptors (Lipinski definition) is 4. The summed E-state index contributed by atoms with van der Waals surface area (Å²) in [5, 5.41) is 7.24. The number of benzene rings is 1. The van der Waals surface area contributed by atoms with Gasteiger partial charge in [0.25, 0.3) is 0 Å². The zero-order valence-corrected chi connectivity index (χ0v) is 11.1. The minimum absolute atomic E-state index is 0.133. The third-order valence-electron chi connectivity index (χ3n) is 3.40. The predicted molar refractivity (Wildman–Crippen MR) is 71.8 cm³/mol. The van der Waals surface area contributed by atoms with Crippen molar-refractivity contribution in [3.8, 4) is 0 Å². The number of nitrogens with one attached hydrogen (secondary N) is 1. The normalized spacial score (nSPS) is 18.3. The number of fused-ring (bicyclic) bond motifs is 1. The Hall–Kier alpha value is -1.65. The Labute approximate surface area is 112 Å². The Balaban J connectivity index is 1.59.